The summed E-state index contributed by atoms with van der Waals surface area (Å²) in [5.41, 5.74) is 14.3. The number of aromatic nitrogens is 1. The average Bonchev–Trinajstić information content (AvgIpc) is 3.70. The first-order chi connectivity index (χ1) is 25.8. The third-order valence-electron chi connectivity index (χ3n) is 10.8. The van der Waals surface area contributed by atoms with Crippen molar-refractivity contribution in [2.24, 2.45) is 0 Å². The number of rotatable bonds is 7. The number of anilines is 2. The maximum Gasteiger partial charge on any atom is 0.122 e. The molecule has 0 N–H and O–H groups in total. The number of benzene rings is 8. The fourth-order valence-corrected chi connectivity index (χ4v) is 8.68. The van der Waals surface area contributed by atoms with Crippen LogP contribution in [-0.2, 0) is 12.0 Å². The maximum atomic E-state index is 2.56. The zero-order valence-corrected chi connectivity index (χ0v) is 28.7. The van der Waals surface area contributed by atoms with Crippen LogP contribution in [0.2, 0.25) is 0 Å². The van der Waals surface area contributed by atoms with Crippen LogP contribution in [0.3, 0.4) is 0 Å². The van der Waals surface area contributed by atoms with Crippen molar-refractivity contribution < 1.29 is 0 Å². The molecule has 10 rings (SSSR count). The molecule has 2 heteroatoms. The van der Waals surface area contributed by atoms with Crippen LogP contribution >= 0.6 is 0 Å². The van der Waals surface area contributed by atoms with Crippen LogP contribution in [0.4, 0.5) is 11.4 Å². The molecule has 1 unspecified atom stereocenters. The Morgan fingerprint density at radius 3 is 1.67 bits per heavy atom. The molecule has 1 aromatic heterocycles. The van der Waals surface area contributed by atoms with E-state index in [0.717, 1.165) is 17.8 Å². The quantitative estimate of drug-likeness (QED) is 0.165. The van der Waals surface area contributed by atoms with Gasteiger partial charge in [-0.25, -0.2) is 0 Å². The lowest BCUT2D eigenvalue weighted by atomic mass is 9.77. The van der Waals surface area contributed by atoms with Crippen molar-refractivity contribution in [3.8, 4) is 16.8 Å². The van der Waals surface area contributed by atoms with E-state index >= 15 is 0 Å². The van der Waals surface area contributed by atoms with E-state index in [1.165, 1.54) is 66.4 Å². The van der Waals surface area contributed by atoms with E-state index in [0.29, 0.717) is 0 Å². The molecule has 0 aliphatic heterocycles. The van der Waals surface area contributed by atoms with Crippen LogP contribution in [0, 0.1) is 0 Å². The van der Waals surface area contributed by atoms with E-state index in [1.54, 1.807) is 0 Å². The molecule has 9 aromatic rings. The number of hydrogen-bond donors (Lipinski definition) is 0. The van der Waals surface area contributed by atoms with Crippen molar-refractivity contribution in [1.82, 2.24) is 4.57 Å². The summed E-state index contributed by atoms with van der Waals surface area (Å²) in [5.74, 6) is 0. The summed E-state index contributed by atoms with van der Waals surface area (Å²) in [6.07, 6.45) is 0.817. The van der Waals surface area contributed by atoms with Gasteiger partial charge in [-0.2, -0.15) is 0 Å². The summed E-state index contributed by atoms with van der Waals surface area (Å²) in [6, 6.07) is 75.5. The molecule has 2 nitrogen and oxygen atoms in total. The van der Waals surface area contributed by atoms with Gasteiger partial charge in [0.25, 0.3) is 0 Å². The number of para-hydroxylation sites is 4. The number of hydrogen-bond acceptors (Lipinski definition) is 1. The Kier molecular flexibility index (Phi) is 7.14. The van der Waals surface area contributed by atoms with E-state index in [1.807, 2.05) is 0 Å². The van der Waals surface area contributed by atoms with Crippen LogP contribution in [0.5, 0.6) is 0 Å². The summed E-state index contributed by atoms with van der Waals surface area (Å²) in [5, 5.41) is 2.55. The highest BCUT2D eigenvalue weighted by Crippen LogP contribution is 2.57. The first-order valence-electron chi connectivity index (χ1n) is 18.1. The van der Waals surface area contributed by atoms with Crippen molar-refractivity contribution in [2.45, 2.75) is 12.0 Å². The molecule has 1 aliphatic carbocycles. The van der Waals surface area contributed by atoms with Crippen LogP contribution in [0.25, 0.3) is 38.6 Å². The van der Waals surface area contributed by atoms with Gasteiger partial charge in [0.2, 0.25) is 0 Å². The zero-order chi connectivity index (χ0) is 34.5. The molecule has 0 radical (unpaired) electrons. The van der Waals surface area contributed by atoms with Crippen LogP contribution < -0.4 is 4.90 Å². The second kappa shape index (κ2) is 12.3. The lowest BCUT2D eigenvalue weighted by Gasteiger charge is -2.45. The first kappa shape index (κ1) is 30.2. The minimum atomic E-state index is -0.615. The van der Waals surface area contributed by atoms with Gasteiger partial charge in [-0.15, -0.1) is 0 Å². The minimum absolute atomic E-state index is 0.615. The van der Waals surface area contributed by atoms with Crippen molar-refractivity contribution in [2.75, 3.05) is 4.90 Å². The Morgan fingerprint density at radius 2 is 0.942 bits per heavy atom. The molecule has 246 valence electrons. The number of fused-ring (bicyclic) bond motifs is 6. The summed E-state index contributed by atoms with van der Waals surface area (Å²) in [6.45, 7) is 0. The predicted molar refractivity (Wildman–Crippen MR) is 217 cm³/mol. The van der Waals surface area contributed by atoms with E-state index in [4.69, 9.17) is 0 Å². The Bertz CT molecular complexity index is 2660. The van der Waals surface area contributed by atoms with Crippen LogP contribution in [0.1, 0.15) is 27.8 Å². The van der Waals surface area contributed by atoms with E-state index in [9.17, 15) is 0 Å². The molecular formula is C50H36N2. The molecule has 52 heavy (non-hydrogen) atoms. The van der Waals surface area contributed by atoms with Gasteiger partial charge in [0, 0.05) is 27.8 Å². The normalized spacial score (nSPS) is 14.7. The van der Waals surface area contributed by atoms with Gasteiger partial charge < -0.3 is 9.47 Å². The standard InChI is InChI=1S/C50H36N2/c1-5-17-38(18-6-1)50(52(40-21-9-3-10-22-40)41-23-11-4-12-24-41)46-27-15-13-25-42(46)43-31-29-36(34-47(43)50)33-37-30-32-45-44-26-14-16-28-48(44)51(49(45)35-37)39-19-7-2-8-20-39/h1-32,34-35H,33H2. The molecule has 1 atom stereocenters. The van der Waals surface area contributed by atoms with E-state index in [2.05, 4.69) is 216 Å². The summed E-state index contributed by atoms with van der Waals surface area (Å²) in [7, 11) is 0. The summed E-state index contributed by atoms with van der Waals surface area (Å²) >= 11 is 0. The van der Waals surface area contributed by atoms with Gasteiger partial charge in [-0.1, -0.05) is 158 Å². The van der Waals surface area contributed by atoms with Gasteiger partial charge in [-0.3, -0.25) is 0 Å². The molecule has 0 saturated heterocycles. The topological polar surface area (TPSA) is 8.17 Å². The molecule has 8 aromatic carbocycles. The number of nitrogens with zero attached hydrogens (tertiary/aromatic N) is 2. The monoisotopic (exact) mass is 664 g/mol. The van der Waals surface area contributed by atoms with Crippen molar-refractivity contribution >= 4 is 33.2 Å². The first-order valence-corrected chi connectivity index (χ1v) is 18.1. The van der Waals surface area contributed by atoms with E-state index < -0.39 is 5.54 Å². The molecular weight excluding hydrogens is 629 g/mol. The van der Waals surface area contributed by atoms with Gasteiger partial charge in [-0.05, 0) is 93.9 Å². The summed E-state index contributed by atoms with van der Waals surface area (Å²) < 4.78 is 2.41. The third-order valence-corrected chi connectivity index (χ3v) is 10.8. The molecule has 0 amide bonds. The molecule has 0 spiro atoms. The molecule has 1 heterocycles. The predicted octanol–water partition coefficient (Wildman–Crippen LogP) is 12.5. The van der Waals surface area contributed by atoms with Crippen molar-refractivity contribution in [3.05, 3.63) is 234 Å². The minimum Gasteiger partial charge on any atom is -0.323 e. The van der Waals surface area contributed by atoms with Crippen LogP contribution in [-0.4, -0.2) is 4.57 Å². The van der Waals surface area contributed by atoms with Gasteiger partial charge in [0.1, 0.15) is 5.54 Å². The second-order valence-electron chi connectivity index (χ2n) is 13.7. The Hall–Kier alpha value is -6.64. The van der Waals surface area contributed by atoms with Gasteiger partial charge in [0.05, 0.1) is 11.0 Å². The molecule has 0 saturated carbocycles. The maximum absolute atomic E-state index is 2.56. The largest absolute Gasteiger partial charge is 0.323 e. The highest BCUT2D eigenvalue weighted by atomic mass is 15.2. The fourth-order valence-electron chi connectivity index (χ4n) is 8.68. The smallest absolute Gasteiger partial charge is 0.122 e. The van der Waals surface area contributed by atoms with E-state index in [-0.39, 0.29) is 0 Å². The molecule has 0 bridgehead atoms. The average molecular weight is 665 g/mol. The zero-order valence-electron chi connectivity index (χ0n) is 28.7. The lowest BCUT2D eigenvalue weighted by Crippen LogP contribution is -2.44. The fraction of sp³-hybridized carbons (Fsp3) is 0.0400. The summed E-state index contributed by atoms with van der Waals surface area (Å²) in [4.78, 5) is 2.56. The lowest BCUT2D eigenvalue weighted by molar-refractivity contribution is 0.643. The van der Waals surface area contributed by atoms with Crippen molar-refractivity contribution in [1.29, 1.82) is 0 Å². The highest BCUT2D eigenvalue weighted by molar-refractivity contribution is 6.09. The Morgan fingerprint density at radius 1 is 0.404 bits per heavy atom. The van der Waals surface area contributed by atoms with Crippen LogP contribution in [0.15, 0.2) is 206 Å². The molecule has 1 aliphatic rings. The van der Waals surface area contributed by atoms with Gasteiger partial charge >= 0.3 is 0 Å². The molecule has 0 fully saturated rings. The second-order valence-corrected chi connectivity index (χ2v) is 13.7. The SMILES string of the molecule is c1ccc(N(c2ccccc2)C2(c3ccccc3)c3ccccc3-c3ccc(Cc4ccc5c6ccccc6n(-c6ccccc6)c5c4)cc32)cc1. The van der Waals surface area contributed by atoms with Crippen molar-refractivity contribution in [3.63, 3.8) is 0 Å². The highest BCUT2D eigenvalue weighted by Gasteiger charge is 2.50. The third kappa shape index (κ3) is 4.65. The Balaban J connectivity index is 1.19. The Labute approximate surface area is 304 Å². The van der Waals surface area contributed by atoms with Gasteiger partial charge in [0.15, 0.2) is 0 Å².